The van der Waals surface area contributed by atoms with E-state index in [1.807, 2.05) is 47.4 Å². The molecular formula is C24H30ClN3O3. The van der Waals surface area contributed by atoms with Crippen molar-refractivity contribution in [3.63, 3.8) is 0 Å². The summed E-state index contributed by atoms with van der Waals surface area (Å²) >= 11 is 6.10. The highest BCUT2D eigenvalue weighted by molar-refractivity contribution is 6.32. The second kappa shape index (κ2) is 12.3. The van der Waals surface area contributed by atoms with Gasteiger partial charge < -0.3 is 20.3 Å². The number of amides is 2. The zero-order valence-electron chi connectivity index (χ0n) is 17.7. The maximum Gasteiger partial charge on any atom is 0.260 e. The zero-order valence-corrected chi connectivity index (χ0v) is 18.4. The van der Waals surface area contributed by atoms with Gasteiger partial charge in [0.05, 0.1) is 5.02 Å². The Morgan fingerprint density at radius 1 is 1.00 bits per heavy atom. The van der Waals surface area contributed by atoms with E-state index >= 15 is 0 Å². The number of ether oxygens (including phenoxy) is 1. The first kappa shape index (κ1) is 23.1. The molecule has 2 amide bonds. The molecule has 0 saturated carbocycles. The summed E-state index contributed by atoms with van der Waals surface area (Å²) in [7, 11) is 0. The van der Waals surface area contributed by atoms with Crippen molar-refractivity contribution >= 4 is 23.4 Å². The van der Waals surface area contributed by atoms with Gasteiger partial charge in [-0.1, -0.05) is 54.1 Å². The van der Waals surface area contributed by atoms with Crippen molar-refractivity contribution in [3.8, 4) is 5.75 Å². The quantitative estimate of drug-likeness (QED) is 0.757. The lowest BCUT2D eigenvalue weighted by Crippen LogP contribution is -2.38. The number of benzene rings is 2. The summed E-state index contributed by atoms with van der Waals surface area (Å²) in [5, 5.41) is 6.97. The number of hydrogen-bond donors (Lipinski definition) is 2. The van der Waals surface area contributed by atoms with Crippen LogP contribution in [-0.4, -0.2) is 49.5 Å². The summed E-state index contributed by atoms with van der Waals surface area (Å²) in [5.74, 6) is 0.448. The average molecular weight is 444 g/mol. The summed E-state index contributed by atoms with van der Waals surface area (Å²) in [6, 6.07) is 17.2. The van der Waals surface area contributed by atoms with Crippen molar-refractivity contribution in [1.29, 1.82) is 0 Å². The Labute approximate surface area is 188 Å². The lowest BCUT2D eigenvalue weighted by Gasteiger charge is -2.23. The van der Waals surface area contributed by atoms with E-state index in [9.17, 15) is 9.59 Å². The van der Waals surface area contributed by atoms with E-state index < -0.39 is 0 Å². The summed E-state index contributed by atoms with van der Waals surface area (Å²) in [5.41, 5.74) is 1.11. The molecule has 1 unspecified atom stereocenters. The van der Waals surface area contributed by atoms with Crippen LogP contribution < -0.4 is 15.4 Å². The molecule has 0 spiro atoms. The van der Waals surface area contributed by atoms with E-state index in [1.54, 1.807) is 12.1 Å². The van der Waals surface area contributed by atoms with Gasteiger partial charge in [0, 0.05) is 32.1 Å². The monoisotopic (exact) mass is 443 g/mol. The Bertz CT molecular complexity index is 847. The molecular weight excluding hydrogens is 414 g/mol. The molecule has 166 valence electrons. The van der Waals surface area contributed by atoms with E-state index in [4.69, 9.17) is 16.3 Å². The standard InChI is InChI=1S/C24H30ClN3O3/c25-20-11-4-5-12-22(20)31-18-24(30)28-15-7-6-13-26-21(19-9-2-1-3-10-19)17-23(29)27-14-8-16-28/h1-5,9-12,21,26H,6-8,13-18H2,(H,27,29). The fraction of sp³-hybridized carbons (Fsp3) is 0.417. The van der Waals surface area contributed by atoms with Gasteiger partial charge in [-0.2, -0.15) is 0 Å². The number of nitrogens with one attached hydrogen (secondary N) is 2. The summed E-state index contributed by atoms with van der Waals surface area (Å²) in [6.45, 7) is 2.52. The van der Waals surface area contributed by atoms with Crippen LogP contribution in [0.4, 0.5) is 0 Å². The first-order valence-corrected chi connectivity index (χ1v) is 11.2. The van der Waals surface area contributed by atoms with Crippen molar-refractivity contribution in [2.45, 2.75) is 31.7 Å². The molecule has 1 saturated heterocycles. The normalized spacial score (nSPS) is 18.8. The molecule has 2 aromatic rings. The van der Waals surface area contributed by atoms with Crippen LogP contribution in [0, 0.1) is 0 Å². The van der Waals surface area contributed by atoms with Gasteiger partial charge >= 0.3 is 0 Å². The van der Waals surface area contributed by atoms with E-state index in [1.165, 1.54) is 0 Å². The topological polar surface area (TPSA) is 70.7 Å². The Balaban J connectivity index is 1.55. The maximum absolute atomic E-state index is 12.7. The van der Waals surface area contributed by atoms with Crippen LogP contribution in [0.25, 0.3) is 0 Å². The minimum absolute atomic E-state index is 0.0105. The van der Waals surface area contributed by atoms with Gasteiger partial charge in [0.2, 0.25) is 5.91 Å². The predicted octanol–water partition coefficient (Wildman–Crippen LogP) is 3.57. The second-order valence-electron chi connectivity index (χ2n) is 7.63. The molecule has 0 bridgehead atoms. The third-order valence-corrected chi connectivity index (χ3v) is 5.62. The first-order valence-electron chi connectivity index (χ1n) is 10.8. The number of halogens is 1. The van der Waals surface area contributed by atoms with Gasteiger partial charge in [-0.05, 0) is 43.5 Å². The summed E-state index contributed by atoms with van der Waals surface area (Å²) < 4.78 is 5.62. The van der Waals surface area contributed by atoms with Crippen LogP contribution in [0.1, 0.15) is 37.3 Å². The predicted molar refractivity (Wildman–Crippen MR) is 122 cm³/mol. The van der Waals surface area contributed by atoms with Crippen LogP contribution in [-0.2, 0) is 9.59 Å². The van der Waals surface area contributed by atoms with Crippen LogP contribution >= 0.6 is 11.6 Å². The van der Waals surface area contributed by atoms with Crippen LogP contribution in [0.5, 0.6) is 5.75 Å². The van der Waals surface area contributed by atoms with Crippen LogP contribution in [0.2, 0.25) is 5.02 Å². The molecule has 6 nitrogen and oxygen atoms in total. The minimum atomic E-state index is -0.0729. The fourth-order valence-corrected chi connectivity index (χ4v) is 3.80. The summed E-state index contributed by atoms with van der Waals surface area (Å²) in [6.07, 6.45) is 2.90. The van der Waals surface area contributed by atoms with Gasteiger partial charge in [-0.15, -0.1) is 0 Å². The van der Waals surface area contributed by atoms with Gasteiger partial charge in [-0.3, -0.25) is 9.59 Å². The van der Waals surface area contributed by atoms with E-state index in [-0.39, 0.29) is 24.5 Å². The maximum atomic E-state index is 12.7. The van der Waals surface area contributed by atoms with Gasteiger partial charge in [0.1, 0.15) is 5.75 Å². The lowest BCUT2D eigenvalue weighted by atomic mass is 10.0. The van der Waals surface area contributed by atoms with Gasteiger partial charge in [0.25, 0.3) is 5.91 Å². The molecule has 1 heterocycles. The molecule has 2 aromatic carbocycles. The highest BCUT2D eigenvalue weighted by Gasteiger charge is 2.18. The molecule has 31 heavy (non-hydrogen) atoms. The number of rotatable bonds is 4. The number of carbonyl (C=O) groups is 2. The zero-order chi connectivity index (χ0) is 21.9. The number of para-hydroxylation sites is 1. The number of carbonyl (C=O) groups excluding carboxylic acids is 2. The molecule has 1 aliphatic heterocycles. The minimum Gasteiger partial charge on any atom is -0.482 e. The lowest BCUT2D eigenvalue weighted by molar-refractivity contribution is -0.133. The van der Waals surface area contributed by atoms with E-state index in [2.05, 4.69) is 10.6 Å². The molecule has 2 N–H and O–H groups in total. The Hall–Kier alpha value is -2.57. The fourth-order valence-electron chi connectivity index (χ4n) is 3.61. The second-order valence-corrected chi connectivity index (χ2v) is 8.04. The van der Waals surface area contributed by atoms with E-state index in [0.29, 0.717) is 43.2 Å². The smallest absolute Gasteiger partial charge is 0.260 e. The Morgan fingerprint density at radius 3 is 2.55 bits per heavy atom. The SMILES string of the molecule is O=C1CC(c2ccccc2)NCCCCN(C(=O)COc2ccccc2Cl)CCCN1. The Kier molecular flexibility index (Phi) is 9.18. The molecule has 0 aliphatic carbocycles. The molecule has 1 atom stereocenters. The molecule has 3 rings (SSSR count). The van der Waals surface area contributed by atoms with Crippen molar-refractivity contribution < 1.29 is 14.3 Å². The van der Waals surface area contributed by atoms with Crippen LogP contribution in [0.3, 0.4) is 0 Å². The van der Waals surface area contributed by atoms with E-state index in [0.717, 1.165) is 24.9 Å². The van der Waals surface area contributed by atoms with Crippen molar-refractivity contribution in [3.05, 3.63) is 65.2 Å². The highest BCUT2D eigenvalue weighted by Crippen LogP contribution is 2.23. The average Bonchev–Trinajstić information content (AvgIpc) is 2.80. The first-order chi connectivity index (χ1) is 15.1. The molecule has 7 heteroatoms. The van der Waals surface area contributed by atoms with Crippen molar-refractivity contribution in [2.24, 2.45) is 0 Å². The third-order valence-electron chi connectivity index (χ3n) is 5.30. The number of hydrogen-bond acceptors (Lipinski definition) is 4. The largest absolute Gasteiger partial charge is 0.482 e. The molecule has 0 radical (unpaired) electrons. The molecule has 0 aromatic heterocycles. The third kappa shape index (κ3) is 7.56. The highest BCUT2D eigenvalue weighted by atomic mass is 35.5. The van der Waals surface area contributed by atoms with Crippen molar-refractivity contribution in [1.82, 2.24) is 15.5 Å². The summed E-state index contributed by atoms with van der Waals surface area (Å²) in [4.78, 5) is 27.0. The molecule has 1 fully saturated rings. The molecule has 1 aliphatic rings. The van der Waals surface area contributed by atoms with Crippen LogP contribution in [0.15, 0.2) is 54.6 Å². The van der Waals surface area contributed by atoms with Gasteiger partial charge in [-0.25, -0.2) is 0 Å². The van der Waals surface area contributed by atoms with Gasteiger partial charge in [0.15, 0.2) is 6.61 Å². The Morgan fingerprint density at radius 2 is 1.74 bits per heavy atom. The van der Waals surface area contributed by atoms with Crippen molar-refractivity contribution in [2.75, 3.05) is 32.8 Å². The number of nitrogens with zero attached hydrogens (tertiary/aromatic N) is 1.